The number of carbonyl (C=O) groups is 1. The summed E-state index contributed by atoms with van der Waals surface area (Å²) >= 11 is 0. The molecular formula is C20H25NO5. The zero-order valence-corrected chi connectivity index (χ0v) is 15.6. The van der Waals surface area contributed by atoms with Gasteiger partial charge in [-0.15, -0.1) is 0 Å². The van der Waals surface area contributed by atoms with E-state index in [1.54, 1.807) is 18.2 Å². The maximum atomic E-state index is 11.8. The van der Waals surface area contributed by atoms with Gasteiger partial charge in [0.05, 0.1) is 13.7 Å². The van der Waals surface area contributed by atoms with Crippen molar-refractivity contribution in [3.05, 3.63) is 53.1 Å². The Bertz CT molecular complexity index is 760. The Kier molecular flexibility index (Phi) is 6.86. The van der Waals surface area contributed by atoms with Gasteiger partial charge in [-0.25, -0.2) is 4.79 Å². The van der Waals surface area contributed by atoms with E-state index in [9.17, 15) is 10.0 Å². The van der Waals surface area contributed by atoms with Crippen LogP contribution < -0.4 is 14.5 Å². The lowest BCUT2D eigenvalue weighted by atomic mass is 10.1. The van der Waals surface area contributed by atoms with Gasteiger partial charge >= 0.3 is 6.09 Å². The molecule has 2 aromatic rings. The van der Waals surface area contributed by atoms with Crippen LogP contribution in [0.25, 0.3) is 0 Å². The maximum Gasteiger partial charge on any atom is 0.438 e. The molecule has 0 aliphatic heterocycles. The molecule has 2 rings (SSSR count). The Labute approximate surface area is 153 Å². The Balaban J connectivity index is 2.30. The summed E-state index contributed by atoms with van der Waals surface area (Å²) in [7, 11) is 1.20. The van der Waals surface area contributed by atoms with Crippen LogP contribution in [0.5, 0.6) is 11.5 Å². The summed E-state index contributed by atoms with van der Waals surface area (Å²) in [6.07, 6.45) is 0.0576. The van der Waals surface area contributed by atoms with E-state index in [1.165, 1.54) is 12.7 Å². The standard InChI is InChI=1S/C20H25NO5/c1-5-15-10-11-17(14(3)12-15)26-13-16-8-7-9-18(25-6-2)19(16)21(23)20(22)24-4/h7-12,23H,5-6,13H2,1-4H3. The minimum atomic E-state index is -0.901. The first-order valence-corrected chi connectivity index (χ1v) is 8.55. The van der Waals surface area contributed by atoms with E-state index >= 15 is 0 Å². The minimum absolute atomic E-state index is 0.163. The SMILES string of the molecule is CCOc1cccc(COc2ccc(CC)cc2C)c1N(O)C(=O)OC. The van der Waals surface area contributed by atoms with Crippen LogP contribution >= 0.6 is 0 Å². The molecule has 0 heterocycles. The number of aryl methyl sites for hydroxylation is 2. The topological polar surface area (TPSA) is 68.2 Å². The molecule has 0 unspecified atom stereocenters. The molecule has 0 fully saturated rings. The molecule has 1 amide bonds. The van der Waals surface area contributed by atoms with Gasteiger partial charge in [0.25, 0.3) is 0 Å². The number of hydroxylamine groups is 1. The van der Waals surface area contributed by atoms with Crippen LogP contribution in [0.15, 0.2) is 36.4 Å². The molecule has 1 N–H and O–H groups in total. The van der Waals surface area contributed by atoms with Crippen molar-refractivity contribution in [3.8, 4) is 11.5 Å². The van der Waals surface area contributed by atoms with Gasteiger partial charge in [-0.2, -0.15) is 5.06 Å². The molecule has 26 heavy (non-hydrogen) atoms. The molecule has 0 aliphatic carbocycles. The molecule has 140 valence electrons. The zero-order valence-electron chi connectivity index (χ0n) is 15.6. The molecule has 6 nitrogen and oxygen atoms in total. The fourth-order valence-electron chi connectivity index (χ4n) is 2.62. The largest absolute Gasteiger partial charge is 0.492 e. The van der Waals surface area contributed by atoms with E-state index in [2.05, 4.69) is 17.7 Å². The fourth-order valence-corrected chi connectivity index (χ4v) is 2.62. The summed E-state index contributed by atoms with van der Waals surface area (Å²) in [5, 5.41) is 10.7. The van der Waals surface area contributed by atoms with Crippen LogP contribution in [0.4, 0.5) is 10.5 Å². The van der Waals surface area contributed by atoms with Crippen LogP contribution in [0.1, 0.15) is 30.5 Å². The monoisotopic (exact) mass is 359 g/mol. The Morgan fingerprint density at radius 2 is 1.88 bits per heavy atom. The quantitative estimate of drug-likeness (QED) is 0.582. The number of benzene rings is 2. The van der Waals surface area contributed by atoms with Crippen LogP contribution in [-0.4, -0.2) is 25.0 Å². The fraction of sp³-hybridized carbons (Fsp3) is 0.350. The maximum absolute atomic E-state index is 11.8. The van der Waals surface area contributed by atoms with Gasteiger partial charge in [0, 0.05) is 5.56 Å². The second-order valence-electron chi connectivity index (χ2n) is 5.72. The molecule has 0 saturated heterocycles. The highest BCUT2D eigenvalue weighted by Gasteiger charge is 2.22. The van der Waals surface area contributed by atoms with Crippen molar-refractivity contribution in [2.75, 3.05) is 18.8 Å². The molecule has 6 heteroatoms. The van der Waals surface area contributed by atoms with Crippen molar-refractivity contribution in [1.82, 2.24) is 0 Å². The van der Waals surface area contributed by atoms with Gasteiger partial charge in [-0.05, 0) is 43.5 Å². The van der Waals surface area contributed by atoms with Gasteiger partial charge in [-0.1, -0.05) is 31.2 Å². The molecule has 0 aromatic heterocycles. The molecule has 0 saturated carbocycles. The molecular weight excluding hydrogens is 334 g/mol. The second-order valence-corrected chi connectivity index (χ2v) is 5.72. The van der Waals surface area contributed by atoms with E-state index in [0.29, 0.717) is 23.0 Å². The van der Waals surface area contributed by atoms with Gasteiger partial charge in [0.15, 0.2) is 0 Å². The summed E-state index contributed by atoms with van der Waals surface area (Å²) in [4.78, 5) is 11.8. The van der Waals surface area contributed by atoms with Gasteiger partial charge < -0.3 is 14.2 Å². The number of ether oxygens (including phenoxy) is 3. The van der Waals surface area contributed by atoms with E-state index in [0.717, 1.165) is 17.7 Å². The van der Waals surface area contributed by atoms with Crippen LogP contribution in [0.3, 0.4) is 0 Å². The Morgan fingerprint density at radius 1 is 1.12 bits per heavy atom. The van der Waals surface area contributed by atoms with Crippen LogP contribution in [-0.2, 0) is 17.8 Å². The van der Waals surface area contributed by atoms with Crippen molar-refractivity contribution in [3.63, 3.8) is 0 Å². The summed E-state index contributed by atoms with van der Waals surface area (Å²) in [5.74, 6) is 1.12. The number of amides is 1. The number of hydrogen-bond acceptors (Lipinski definition) is 5. The van der Waals surface area contributed by atoms with Crippen molar-refractivity contribution in [2.45, 2.75) is 33.8 Å². The lowest BCUT2D eigenvalue weighted by molar-refractivity contribution is 0.139. The number of para-hydroxylation sites is 1. The lowest BCUT2D eigenvalue weighted by Crippen LogP contribution is -2.28. The third-order valence-electron chi connectivity index (χ3n) is 3.97. The van der Waals surface area contributed by atoms with Crippen molar-refractivity contribution in [2.24, 2.45) is 0 Å². The summed E-state index contributed by atoms with van der Waals surface area (Å²) in [6.45, 7) is 6.47. The number of hydrogen-bond donors (Lipinski definition) is 1. The third-order valence-corrected chi connectivity index (χ3v) is 3.97. The Morgan fingerprint density at radius 3 is 2.50 bits per heavy atom. The van der Waals surface area contributed by atoms with Gasteiger partial charge in [0.1, 0.15) is 23.8 Å². The average Bonchev–Trinajstić information content (AvgIpc) is 2.66. The Hall–Kier alpha value is -2.73. The summed E-state index contributed by atoms with van der Waals surface area (Å²) in [6, 6.07) is 11.3. The molecule has 0 atom stereocenters. The first-order valence-electron chi connectivity index (χ1n) is 8.55. The highest BCUT2D eigenvalue weighted by atomic mass is 16.6. The van der Waals surface area contributed by atoms with E-state index < -0.39 is 6.09 Å². The van der Waals surface area contributed by atoms with E-state index in [1.807, 2.05) is 26.0 Å². The van der Waals surface area contributed by atoms with Crippen molar-refractivity contribution >= 4 is 11.8 Å². The molecule has 0 aliphatic rings. The van der Waals surface area contributed by atoms with Crippen molar-refractivity contribution < 1.29 is 24.2 Å². The minimum Gasteiger partial charge on any atom is -0.492 e. The lowest BCUT2D eigenvalue weighted by Gasteiger charge is -2.21. The summed E-state index contributed by atoms with van der Waals surface area (Å²) < 4.78 is 16.1. The number of rotatable bonds is 7. The van der Waals surface area contributed by atoms with Crippen LogP contribution in [0, 0.1) is 6.92 Å². The predicted molar refractivity (Wildman–Crippen MR) is 99.2 cm³/mol. The van der Waals surface area contributed by atoms with Crippen LogP contribution in [0.2, 0.25) is 0 Å². The van der Waals surface area contributed by atoms with E-state index in [-0.39, 0.29) is 12.3 Å². The van der Waals surface area contributed by atoms with Gasteiger partial charge in [0.2, 0.25) is 0 Å². The first kappa shape index (κ1) is 19.6. The van der Waals surface area contributed by atoms with E-state index in [4.69, 9.17) is 9.47 Å². The second kappa shape index (κ2) is 9.10. The predicted octanol–water partition coefficient (Wildman–Crippen LogP) is 4.50. The number of nitrogens with zero attached hydrogens (tertiary/aromatic N) is 1. The average molecular weight is 359 g/mol. The molecule has 2 aromatic carbocycles. The number of methoxy groups -OCH3 is 1. The first-order chi connectivity index (χ1) is 12.5. The normalized spacial score (nSPS) is 10.3. The molecule has 0 radical (unpaired) electrons. The van der Waals surface area contributed by atoms with Crippen molar-refractivity contribution in [1.29, 1.82) is 0 Å². The zero-order chi connectivity index (χ0) is 19.1. The third kappa shape index (κ3) is 4.46. The number of anilines is 1. The highest BCUT2D eigenvalue weighted by molar-refractivity contribution is 5.88. The smallest absolute Gasteiger partial charge is 0.438 e. The van der Waals surface area contributed by atoms with Gasteiger partial charge in [-0.3, -0.25) is 5.21 Å². The summed E-state index contributed by atoms with van der Waals surface area (Å²) in [5.41, 5.74) is 3.08. The highest BCUT2D eigenvalue weighted by Crippen LogP contribution is 2.33. The molecule has 0 bridgehead atoms. The number of carbonyl (C=O) groups excluding carboxylic acids is 1. The molecule has 0 spiro atoms.